The third-order valence-electron chi connectivity index (χ3n) is 2.71. The number of hydrogen-bond donors (Lipinski definition) is 2. The molecule has 2 atom stereocenters. The fraction of sp³-hybridized carbons (Fsp3) is 0.923. The number of carbonyl (C=O) groups excluding carboxylic acids is 1. The van der Waals surface area contributed by atoms with E-state index in [0.29, 0.717) is 32.3 Å². The number of aliphatic hydroxyl groups excluding tert-OH is 2. The Morgan fingerprint density at radius 3 is 2.06 bits per heavy atom. The number of unbranched alkanes of at least 4 members (excludes halogenated alkanes) is 1. The summed E-state index contributed by atoms with van der Waals surface area (Å²) in [5, 5.41) is 19.2. The molecule has 17 heavy (non-hydrogen) atoms. The average molecular weight is 246 g/mol. The highest BCUT2D eigenvalue weighted by atomic mass is 16.5. The summed E-state index contributed by atoms with van der Waals surface area (Å²) < 4.78 is 4.77. The predicted octanol–water partition coefficient (Wildman–Crippen LogP) is 2.02. The molecule has 0 aromatic carbocycles. The van der Waals surface area contributed by atoms with Gasteiger partial charge in [-0.25, -0.2) is 0 Å². The monoisotopic (exact) mass is 246 g/mol. The zero-order valence-corrected chi connectivity index (χ0v) is 11.0. The standard InChI is InChI=1S/C13H26O4/c1-3-4-6-12(15)8-9-13(16)7-5-10-17-11(2)14/h12-13,15-16H,3-10H2,1-2H3. The summed E-state index contributed by atoms with van der Waals surface area (Å²) in [4.78, 5) is 10.5. The fourth-order valence-corrected chi connectivity index (χ4v) is 1.65. The molecule has 2 unspecified atom stereocenters. The van der Waals surface area contributed by atoms with Crippen LogP contribution in [0, 0.1) is 0 Å². The van der Waals surface area contributed by atoms with Gasteiger partial charge >= 0.3 is 5.97 Å². The van der Waals surface area contributed by atoms with Crippen molar-refractivity contribution >= 4 is 5.97 Å². The number of rotatable bonds is 10. The largest absolute Gasteiger partial charge is 0.466 e. The van der Waals surface area contributed by atoms with Gasteiger partial charge in [0.1, 0.15) is 0 Å². The van der Waals surface area contributed by atoms with Crippen LogP contribution in [0.25, 0.3) is 0 Å². The quantitative estimate of drug-likeness (QED) is 0.457. The maximum absolute atomic E-state index is 10.5. The van der Waals surface area contributed by atoms with Crippen molar-refractivity contribution in [1.29, 1.82) is 0 Å². The minimum absolute atomic E-state index is 0.283. The van der Waals surface area contributed by atoms with Crippen LogP contribution >= 0.6 is 0 Å². The van der Waals surface area contributed by atoms with Crippen LogP contribution < -0.4 is 0 Å². The Morgan fingerprint density at radius 2 is 1.59 bits per heavy atom. The second-order valence-corrected chi connectivity index (χ2v) is 4.51. The number of carbonyl (C=O) groups is 1. The smallest absolute Gasteiger partial charge is 0.302 e. The summed E-state index contributed by atoms with van der Waals surface area (Å²) in [5.41, 5.74) is 0. The van der Waals surface area contributed by atoms with Crippen LogP contribution in [0.15, 0.2) is 0 Å². The molecule has 0 heterocycles. The van der Waals surface area contributed by atoms with Gasteiger partial charge in [0, 0.05) is 6.92 Å². The highest BCUT2D eigenvalue weighted by Crippen LogP contribution is 2.11. The summed E-state index contributed by atoms with van der Waals surface area (Å²) in [6, 6.07) is 0. The van der Waals surface area contributed by atoms with E-state index in [1.54, 1.807) is 0 Å². The van der Waals surface area contributed by atoms with Gasteiger partial charge in [-0.2, -0.15) is 0 Å². The third kappa shape index (κ3) is 11.6. The second kappa shape index (κ2) is 10.5. The molecule has 0 fully saturated rings. The van der Waals surface area contributed by atoms with Crippen molar-refractivity contribution in [3.63, 3.8) is 0 Å². The zero-order valence-electron chi connectivity index (χ0n) is 11.0. The Morgan fingerprint density at radius 1 is 1.06 bits per heavy atom. The number of aliphatic hydroxyl groups is 2. The molecule has 2 N–H and O–H groups in total. The molecule has 0 rings (SSSR count). The SMILES string of the molecule is CCCCC(O)CCC(O)CCCOC(C)=O. The Kier molecular flexibility index (Phi) is 10.2. The summed E-state index contributed by atoms with van der Waals surface area (Å²) in [6.07, 6.45) is 4.79. The summed E-state index contributed by atoms with van der Waals surface area (Å²) >= 11 is 0. The molecule has 0 aliphatic carbocycles. The second-order valence-electron chi connectivity index (χ2n) is 4.51. The van der Waals surface area contributed by atoms with E-state index in [4.69, 9.17) is 4.74 Å². The van der Waals surface area contributed by atoms with E-state index in [1.165, 1.54) is 6.92 Å². The summed E-state index contributed by atoms with van der Waals surface area (Å²) in [6.45, 7) is 3.84. The number of ether oxygens (including phenoxy) is 1. The van der Waals surface area contributed by atoms with E-state index in [9.17, 15) is 15.0 Å². The molecule has 0 aliphatic rings. The van der Waals surface area contributed by atoms with Gasteiger partial charge in [-0.05, 0) is 32.1 Å². The van der Waals surface area contributed by atoms with Crippen molar-refractivity contribution < 1.29 is 19.7 Å². The van der Waals surface area contributed by atoms with E-state index in [1.807, 2.05) is 0 Å². The van der Waals surface area contributed by atoms with Gasteiger partial charge in [0.05, 0.1) is 18.8 Å². The van der Waals surface area contributed by atoms with Crippen LogP contribution in [0.5, 0.6) is 0 Å². The lowest BCUT2D eigenvalue weighted by atomic mass is 10.0. The molecule has 0 radical (unpaired) electrons. The fourth-order valence-electron chi connectivity index (χ4n) is 1.65. The van der Waals surface area contributed by atoms with Crippen LogP contribution in [-0.2, 0) is 9.53 Å². The van der Waals surface area contributed by atoms with Gasteiger partial charge in [-0.15, -0.1) is 0 Å². The lowest BCUT2D eigenvalue weighted by molar-refractivity contribution is -0.141. The maximum atomic E-state index is 10.5. The van der Waals surface area contributed by atoms with Gasteiger partial charge < -0.3 is 14.9 Å². The van der Waals surface area contributed by atoms with Crippen molar-refractivity contribution in [2.24, 2.45) is 0 Å². The first-order chi connectivity index (χ1) is 8.06. The molecule has 0 aromatic heterocycles. The summed E-state index contributed by atoms with van der Waals surface area (Å²) in [7, 11) is 0. The molecule has 0 aliphatic heterocycles. The topological polar surface area (TPSA) is 66.8 Å². The molecule has 0 saturated carbocycles. The Labute approximate surface area is 104 Å². The van der Waals surface area contributed by atoms with Crippen LogP contribution in [0.1, 0.15) is 58.8 Å². The van der Waals surface area contributed by atoms with E-state index in [-0.39, 0.29) is 12.1 Å². The maximum Gasteiger partial charge on any atom is 0.302 e. The van der Waals surface area contributed by atoms with Crippen molar-refractivity contribution in [2.45, 2.75) is 71.0 Å². The van der Waals surface area contributed by atoms with Gasteiger partial charge in [-0.1, -0.05) is 19.8 Å². The van der Waals surface area contributed by atoms with Gasteiger partial charge in [0.15, 0.2) is 0 Å². The minimum Gasteiger partial charge on any atom is -0.466 e. The molecular weight excluding hydrogens is 220 g/mol. The van der Waals surface area contributed by atoms with Crippen molar-refractivity contribution in [2.75, 3.05) is 6.61 Å². The first-order valence-corrected chi connectivity index (χ1v) is 6.55. The Bertz CT molecular complexity index is 194. The first-order valence-electron chi connectivity index (χ1n) is 6.55. The molecule has 4 heteroatoms. The molecule has 0 saturated heterocycles. The van der Waals surface area contributed by atoms with Crippen molar-refractivity contribution in [3.05, 3.63) is 0 Å². The summed E-state index contributed by atoms with van der Waals surface area (Å²) in [5.74, 6) is -0.283. The van der Waals surface area contributed by atoms with E-state index in [2.05, 4.69) is 6.92 Å². The highest BCUT2D eigenvalue weighted by Gasteiger charge is 2.09. The van der Waals surface area contributed by atoms with Gasteiger partial charge in [0.25, 0.3) is 0 Å². The van der Waals surface area contributed by atoms with Crippen LogP contribution in [0.4, 0.5) is 0 Å². The molecular formula is C13H26O4. The minimum atomic E-state index is -0.401. The molecule has 0 aromatic rings. The molecule has 102 valence electrons. The van der Waals surface area contributed by atoms with Crippen LogP contribution in [-0.4, -0.2) is 35.0 Å². The lowest BCUT2D eigenvalue weighted by Crippen LogP contribution is -2.14. The number of hydrogen-bond acceptors (Lipinski definition) is 4. The average Bonchev–Trinajstić information content (AvgIpc) is 2.29. The molecule has 0 amide bonds. The highest BCUT2D eigenvalue weighted by molar-refractivity contribution is 5.65. The molecule has 0 spiro atoms. The Balaban J connectivity index is 3.39. The normalized spacial score (nSPS) is 14.4. The van der Waals surface area contributed by atoms with Crippen molar-refractivity contribution in [1.82, 2.24) is 0 Å². The van der Waals surface area contributed by atoms with Crippen LogP contribution in [0.2, 0.25) is 0 Å². The van der Waals surface area contributed by atoms with E-state index in [0.717, 1.165) is 19.3 Å². The Hall–Kier alpha value is -0.610. The number of esters is 1. The molecule has 4 nitrogen and oxygen atoms in total. The molecule has 0 bridgehead atoms. The third-order valence-corrected chi connectivity index (χ3v) is 2.71. The predicted molar refractivity (Wildman–Crippen MR) is 66.6 cm³/mol. The van der Waals surface area contributed by atoms with E-state index >= 15 is 0 Å². The van der Waals surface area contributed by atoms with Gasteiger partial charge in [-0.3, -0.25) is 4.79 Å². The van der Waals surface area contributed by atoms with E-state index < -0.39 is 6.10 Å². The zero-order chi connectivity index (χ0) is 13.1. The van der Waals surface area contributed by atoms with Gasteiger partial charge in [0.2, 0.25) is 0 Å². The first kappa shape index (κ1) is 16.4. The van der Waals surface area contributed by atoms with Crippen molar-refractivity contribution in [3.8, 4) is 0 Å². The lowest BCUT2D eigenvalue weighted by Gasteiger charge is -2.13. The van der Waals surface area contributed by atoms with Crippen LogP contribution in [0.3, 0.4) is 0 Å².